The second kappa shape index (κ2) is 5.89. The molecule has 0 radical (unpaired) electrons. The lowest BCUT2D eigenvalue weighted by molar-refractivity contribution is 0.196. The molecule has 2 N–H and O–H groups in total. The smallest absolute Gasteiger partial charge is 0.0229 e. The quantitative estimate of drug-likeness (QED) is 0.679. The number of rotatable bonds is 7. The molecule has 3 heteroatoms. The molecule has 1 aliphatic carbocycles. The summed E-state index contributed by atoms with van der Waals surface area (Å²) in [5.74, 6) is 1.24. The summed E-state index contributed by atoms with van der Waals surface area (Å²) in [7, 11) is 0. The maximum absolute atomic E-state index is 5.80. The number of hydrogen-bond donors (Lipinski definition) is 1. The van der Waals surface area contributed by atoms with Gasteiger partial charge in [-0.2, -0.15) is 11.8 Å². The van der Waals surface area contributed by atoms with Crippen molar-refractivity contribution in [3.05, 3.63) is 0 Å². The van der Waals surface area contributed by atoms with Gasteiger partial charge in [0.25, 0.3) is 0 Å². The molecule has 0 heterocycles. The highest BCUT2D eigenvalue weighted by atomic mass is 32.2. The fraction of sp³-hybridized carbons (Fsp3) is 1.00. The Morgan fingerprint density at radius 2 is 2.23 bits per heavy atom. The van der Waals surface area contributed by atoms with Crippen LogP contribution in [0, 0.1) is 0 Å². The van der Waals surface area contributed by atoms with Crippen molar-refractivity contribution in [1.29, 1.82) is 0 Å². The van der Waals surface area contributed by atoms with E-state index < -0.39 is 0 Å². The van der Waals surface area contributed by atoms with E-state index >= 15 is 0 Å². The van der Waals surface area contributed by atoms with Crippen LogP contribution in [0.1, 0.15) is 26.2 Å². The molecule has 0 saturated heterocycles. The summed E-state index contributed by atoms with van der Waals surface area (Å²) in [5, 5.41) is 0. The Labute approximate surface area is 86.2 Å². The monoisotopic (exact) mass is 202 g/mol. The van der Waals surface area contributed by atoms with Crippen LogP contribution in [0.5, 0.6) is 0 Å². The maximum Gasteiger partial charge on any atom is 0.0229 e. The predicted molar refractivity (Wildman–Crippen MR) is 61.2 cm³/mol. The Morgan fingerprint density at radius 1 is 1.54 bits per heavy atom. The fourth-order valence-corrected chi connectivity index (χ4v) is 2.40. The molecule has 78 valence electrons. The van der Waals surface area contributed by atoms with Crippen LogP contribution in [0.4, 0.5) is 0 Å². The van der Waals surface area contributed by atoms with Gasteiger partial charge in [0.15, 0.2) is 0 Å². The van der Waals surface area contributed by atoms with Gasteiger partial charge in [0.05, 0.1) is 0 Å². The van der Waals surface area contributed by atoms with E-state index in [1.165, 1.54) is 31.6 Å². The Kier molecular flexibility index (Phi) is 5.14. The van der Waals surface area contributed by atoms with Crippen LogP contribution in [-0.2, 0) is 0 Å². The summed E-state index contributed by atoms with van der Waals surface area (Å²) in [6.45, 7) is 4.24. The zero-order valence-electron chi connectivity index (χ0n) is 8.83. The van der Waals surface area contributed by atoms with Crippen LogP contribution < -0.4 is 5.73 Å². The van der Waals surface area contributed by atoms with Crippen molar-refractivity contribution >= 4 is 11.8 Å². The van der Waals surface area contributed by atoms with Crippen LogP contribution in [0.2, 0.25) is 0 Å². The molecule has 0 aromatic carbocycles. The summed E-state index contributed by atoms with van der Waals surface area (Å²) in [4.78, 5) is 2.59. The highest BCUT2D eigenvalue weighted by Crippen LogP contribution is 2.29. The highest BCUT2D eigenvalue weighted by Gasteiger charge is 2.31. The molecular weight excluding hydrogens is 180 g/mol. The SMILES string of the molecule is CCN(C(CN)CCSC)C1CC1. The number of thioether (sulfide) groups is 1. The second-order valence-electron chi connectivity index (χ2n) is 3.73. The van der Waals surface area contributed by atoms with E-state index in [9.17, 15) is 0 Å². The van der Waals surface area contributed by atoms with Crippen LogP contribution in [0.3, 0.4) is 0 Å². The first-order chi connectivity index (χ1) is 6.33. The molecule has 2 nitrogen and oxygen atoms in total. The zero-order valence-corrected chi connectivity index (χ0v) is 9.65. The fourth-order valence-electron chi connectivity index (χ4n) is 1.89. The van der Waals surface area contributed by atoms with E-state index in [1.54, 1.807) is 0 Å². The molecule has 1 unspecified atom stereocenters. The van der Waals surface area contributed by atoms with E-state index in [2.05, 4.69) is 18.1 Å². The van der Waals surface area contributed by atoms with E-state index in [4.69, 9.17) is 5.73 Å². The van der Waals surface area contributed by atoms with Crippen molar-refractivity contribution in [3.8, 4) is 0 Å². The Balaban J connectivity index is 2.32. The number of nitrogens with zero attached hydrogens (tertiary/aromatic N) is 1. The first-order valence-electron chi connectivity index (χ1n) is 5.28. The Morgan fingerprint density at radius 3 is 2.62 bits per heavy atom. The van der Waals surface area contributed by atoms with Gasteiger partial charge < -0.3 is 5.73 Å². The molecule has 1 rings (SSSR count). The number of nitrogens with two attached hydrogens (primary N) is 1. The van der Waals surface area contributed by atoms with Crippen LogP contribution in [0.25, 0.3) is 0 Å². The molecule has 0 amide bonds. The van der Waals surface area contributed by atoms with Gasteiger partial charge in [0.1, 0.15) is 0 Å². The molecule has 0 aromatic rings. The van der Waals surface area contributed by atoms with E-state index in [-0.39, 0.29) is 0 Å². The largest absolute Gasteiger partial charge is 0.329 e. The average molecular weight is 202 g/mol. The normalized spacial score (nSPS) is 19.4. The van der Waals surface area contributed by atoms with Crippen LogP contribution >= 0.6 is 11.8 Å². The van der Waals surface area contributed by atoms with Gasteiger partial charge >= 0.3 is 0 Å². The van der Waals surface area contributed by atoms with Crippen molar-refractivity contribution in [2.24, 2.45) is 5.73 Å². The molecule has 0 aliphatic heterocycles. The van der Waals surface area contributed by atoms with Gasteiger partial charge in [-0.3, -0.25) is 4.90 Å². The molecule has 0 bridgehead atoms. The third kappa shape index (κ3) is 3.49. The van der Waals surface area contributed by atoms with Crippen molar-refractivity contribution in [1.82, 2.24) is 4.90 Å². The van der Waals surface area contributed by atoms with Crippen LogP contribution in [-0.4, -0.2) is 42.1 Å². The minimum absolute atomic E-state index is 0.630. The van der Waals surface area contributed by atoms with E-state index in [0.29, 0.717) is 6.04 Å². The predicted octanol–water partition coefficient (Wildman–Crippen LogP) is 1.55. The first-order valence-corrected chi connectivity index (χ1v) is 6.67. The number of hydrogen-bond acceptors (Lipinski definition) is 3. The summed E-state index contributed by atoms with van der Waals surface area (Å²) in [6.07, 6.45) is 6.20. The molecular formula is C10H22N2S. The highest BCUT2D eigenvalue weighted by molar-refractivity contribution is 7.98. The molecule has 1 aliphatic rings. The van der Waals surface area contributed by atoms with Crippen molar-refractivity contribution in [3.63, 3.8) is 0 Å². The molecule has 1 fully saturated rings. The molecule has 0 aromatic heterocycles. The van der Waals surface area contributed by atoms with Gasteiger partial charge in [-0.15, -0.1) is 0 Å². The van der Waals surface area contributed by atoms with Gasteiger partial charge in [-0.1, -0.05) is 6.92 Å². The number of likely N-dealkylation sites (N-methyl/N-ethyl adjacent to an activating group) is 1. The minimum Gasteiger partial charge on any atom is -0.329 e. The molecule has 1 atom stereocenters. The summed E-state index contributed by atoms with van der Waals surface area (Å²) in [6, 6.07) is 1.49. The van der Waals surface area contributed by atoms with Crippen LogP contribution in [0.15, 0.2) is 0 Å². The Hall–Kier alpha value is 0.270. The molecule has 0 spiro atoms. The third-order valence-electron chi connectivity index (χ3n) is 2.78. The topological polar surface area (TPSA) is 29.3 Å². The average Bonchev–Trinajstić information content (AvgIpc) is 2.95. The van der Waals surface area contributed by atoms with Gasteiger partial charge in [0.2, 0.25) is 0 Å². The van der Waals surface area contributed by atoms with Crippen molar-refractivity contribution < 1.29 is 0 Å². The van der Waals surface area contributed by atoms with E-state index in [1.807, 2.05) is 11.8 Å². The molecule has 13 heavy (non-hydrogen) atoms. The van der Waals surface area contributed by atoms with Crippen molar-refractivity contribution in [2.45, 2.75) is 38.3 Å². The standard InChI is InChI=1S/C10H22N2S/c1-3-12(9-4-5-9)10(8-11)6-7-13-2/h9-10H,3-8,11H2,1-2H3. The van der Waals surface area contributed by atoms with E-state index in [0.717, 1.165) is 12.6 Å². The lowest BCUT2D eigenvalue weighted by atomic mass is 10.2. The summed E-state index contributed by atoms with van der Waals surface area (Å²) >= 11 is 1.92. The Bertz CT molecular complexity index is 137. The van der Waals surface area contributed by atoms with Gasteiger partial charge in [-0.25, -0.2) is 0 Å². The summed E-state index contributed by atoms with van der Waals surface area (Å²) < 4.78 is 0. The lowest BCUT2D eigenvalue weighted by Gasteiger charge is -2.29. The van der Waals surface area contributed by atoms with Gasteiger partial charge in [0, 0.05) is 18.6 Å². The summed E-state index contributed by atoms with van der Waals surface area (Å²) in [5.41, 5.74) is 5.80. The van der Waals surface area contributed by atoms with Crippen molar-refractivity contribution in [2.75, 3.05) is 25.1 Å². The minimum atomic E-state index is 0.630. The first kappa shape index (κ1) is 11.3. The van der Waals surface area contributed by atoms with Gasteiger partial charge in [-0.05, 0) is 37.8 Å². The second-order valence-corrected chi connectivity index (χ2v) is 4.72. The third-order valence-corrected chi connectivity index (χ3v) is 3.42. The maximum atomic E-state index is 5.80. The lowest BCUT2D eigenvalue weighted by Crippen LogP contribution is -2.42. The molecule has 1 saturated carbocycles. The zero-order chi connectivity index (χ0) is 9.68.